The van der Waals surface area contributed by atoms with E-state index in [0.29, 0.717) is 5.69 Å². The van der Waals surface area contributed by atoms with Crippen LogP contribution in [0.1, 0.15) is 6.92 Å². The highest BCUT2D eigenvalue weighted by Crippen LogP contribution is 2.23. The second-order valence-corrected chi connectivity index (χ2v) is 7.94. The molecule has 0 aliphatic rings. The molecule has 27 heavy (non-hydrogen) atoms. The van der Waals surface area contributed by atoms with Gasteiger partial charge in [0.1, 0.15) is 6.04 Å². The molecule has 0 aromatic heterocycles. The van der Waals surface area contributed by atoms with Crippen LogP contribution in [0.3, 0.4) is 0 Å². The number of fused-ring (bicyclic) bond motifs is 1. The van der Waals surface area contributed by atoms with Gasteiger partial charge in [0.25, 0.3) is 0 Å². The third-order valence-corrected chi connectivity index (χ3v) is 5.48. The Labute approximate surface area is 158 Å². The number of nitrogens with zero attached hydrogens (tertiary/aromatic N) is 1. The Hall–Kier alpha value is -2.90. The maximum atomic E-state index is 12.6. The van der Waals surface area contributed by atoms with E-state index in [1.54, 1.807) is 0 Å². The summed E-state index contributed by atoms with van der Waals surface area (Å²) in [6.45, 7) is 1.81. The van der Waals surface area contributed by atoms with E-state index >= 15 is 0 Å². The summed E-state index contributed by atoms with van der Waals surface area (Å²) in [5, 5.41) is 10.1. The SMILES string of the molecule is C[C@H](C(=O)Nc1ccc(S(N)(=O)=O)cc1)N(C)c1ccc2ccccc2c1. The molecule has 3 aromatic rings. The van der Waals surface area contributed by atoms with Crippen molar-refractivity contribution in [2.75, 3.05) is 17.3 Å². The van der Waals surface area contributed by atoms with Crippen LogP contribution in [-0.2, 0) is 14.8 Å². The highest BCUT2D eigenvalue weighted by molar-refractivity contribution is 7.89. The van der Waals surface area contributed by atoms with Gasteiger partial charge < -0.3 is 10.2 Å². The van der Waals surface area contributed by atoms with E-state index in [1.807, 2.05) is 61.3 Å². The molecule has 140 valence electrons. The number of carbonyl (C=O) groups is 1. The van der Waals surface area contributed by atoms with Gasteiger partial charge in [0, 0.05) is 18.4 Å². The van der Waals surface area contributed by atoms with Crippen LogP contribution in [0.4, 0.5) is 11.4 Å². The largest absolute Gasteiger partial charge is 0.363 e. The molecular formula is C20H21N3O3S. The Morgan fingerprint density at radius 3 is 2.26 bits per heavy atom. The zero-order valence-corrected chi connectivity index (χ0v) is 15.9. The summed E-state index contributed by atoms with van der Waals surface area (Å²) in [7, 11) is -1.89. The first kappa shape index (κ1) is 18.9. The van der Waals surface area contributed by atoms with Crippen molar-refractivity contribution in [2.45, 2.75) is 17.9 Å². The Morgan fingerprint density at radius 1 is 1.00 bits per heavy atom. The molecule has 6 nitrogen and oxygen atoms in total. The third kappa shape index (κ3) is 4.27. The number of benzene rings is 3. The number of rotatable bonds is 5. The lowest BCUT2D eigenvalue weighted by molar-refractivity contribution is -0.117. The second-order valence-electron chi connectivity index (χ2n) is 6.38. The van der Waals surface area contributed by atoms with Gasteiger partial charge in [-0.3, -0.25) is 4.79 Å². The molecule has 0 spiro atoms. The fraction of sp³-hybridized carbons (Fsp3) is 0.150. The van der Waals surface area contributed by atoms with Gasteiger partial charge in [-0.15, -0.1) is 0 Å². The molecule has 3 rings (SSSR count). The molecule has 0 radical (unpaired) electrons. The first-order valence-electron chi connectivity index (χ1n) is 8.41. The summed E-state index contributed by atoms with van der Waals surface area (Å²) in [6, 6.07) is 19.4. The molecule has 0 unspecified atom stereocenters. The predicted molar refractivity (Wildman–Crippen MR) is 108 cm³/mol. The van der Waals surface area contributed by atoms with Crippen molar-refractivity contribution in [1.29, 1.82) is 0 Å². The van der Waals surface area contributed by atoms with Crippen LogP contribution in [0.25, 0.3) is 10.8 Å². The predicted octanol–water partition coefficient (Wildman–Crippen LogP) is 2.95. The monoisotopic (exact) mass is 383 g/mol. The van der Waals surface area contributed by atoms with Crippen molar-refractivity contribution in [3.8, 4) is 0 Å². The fourth-order valence-corrected chi connectivity index (χ4v) is 3.29. The molecule has 0 aliphatic heterocycles. The molecule has 0 aliphatic carbocycles. The van der Waals surface area contributed by atoms with Gasteiger partial charge in [0.15, 0.2) is 0 Å². The van der Waals surface area contributed by atoms with E-state index in [1.165, 1.54) is 24.3 Å². The number of hydrogen-bond acceptors (Lipinski definition) is 4. The fourth-order valence-electron chi connectivity index (χ4n) is 2.77. The van der Waals surface area contributed by atoms with Gasteiger partial charge in [0.2, 0.25) is 15.9 Å². The van der Waals surface area contributed by atoms with E-state index in [2.05, 4.69) is 5.32 Å². The maximum Gasteiger partial charge on any atom is 0.246 e. The molecule has 3 N–H and O–H groups in total. The molecule has 7 heteroatoms. The van der Waals surface area contributed by atoms with Gasteiger partial charge in [-0.05, 0) is 54.1 Å². The van der Waals surface area contributed by atoms with Crippen molar-refractivity contribution in [2.24, 2.45) is 5.14 Å². The Kier molecular flexibility index (Phi) is 5.16. The van der Waals surface area contributed by atoms with Crippen LogP contribution < -0.4 is 15.4 Å². The molecule has 3 aromatic carbocycles. The minimum absolute atomic E-state index is 0.00169. The first-order valence-corrected chi connectivity index (χ1v) is 9.96. The van der Waals surface area contributed by atoms with Crippen LogP contribution in [0.15, 0.2) is 71.6 Å². The minimum atomic E-state index is -3.75. The molecular weight excluding hydrogens is 362 g/mol. The molecule has 0 saturated heterocycles. The van der Waals surface area contributed by atoms with Crippen molar-refractivity contribution in [3.05, 3.63) is 66.7 Å². The quantitative estimate of drug-likeness (QED) is 0.708. The van der Waals surface area contributed by atoms with Crippen molar-refractivity contribution < 1.29 is 13.2 Å². The number of sulfonamides is 1. The Balaban J connectivity index is 1.73. The molecule has 0 fully saturated rings. The number of anilines is 2. The molecule has 0 bridgehead atoms. The minimum Gasteiger partial charge on any atom is -0.363 e. The van der Waals surface area contributed by atoms with Gasteiger partial charge in [0.05, 0.1) is 4.90 Å². The zero-order chi connectivity index (χ0) is 19.6. The number of nitrogens with one attached hydrogen (secondary N) is 1. The van der Waals surface area contributed by atoms with E-state index in [4.69, 9.17) is 5.14 Å². The average molecular weight is 383 g/mol. The van der Waals surface area contributed by atoms with Crippen LogP contribution >= 0.6 is 0 Å². The summed E-state index contributed by atoms with van der Waals surface area (Å²) in [5.41, 5.74) is 1.44. The smallest absolute Gasteiger partial charge is 0.246 e. The second kappa shape index (κ2) is 7.38. The van der Waals surface area contributed by atoms with Crippen LogP contribution in [0.5, 0.6) is 0 Å². The van der Waals surface area contributed by atoms with Gasteiger partial charge in [-0.2, -0.15) is 0 Å². The lowest BCUT2D eigenvalue weighted by Gasteiger charge is -2.26. The van der Waals surface area contributed by atoms with E-state index in [9.17, 15) is 13.2 Å². The molecule has 0 saturated carbocycles. The van der Waals surface area contributed by atoms with E-state index < -0.39 is 16.1 Å². The molecule has 0 heterocycles. The lowest BCUT2D eigenvalue weighted by Crippen LogP contribution is -2.39. The summed E-state index contributed by atoms with van der Waals surface area (Å²) < 4.78 is 22.6. The Morgan fingerprint density at radius 2 is 1.63 bits per heavy atom. The standard InChI is InChI=1S/C20H21N3O3S/c1-14(20(24)22-17-8-11-19(12-9-17)27(21,25)26)23(2)18-10-7-15-5-3-4-6-16(15)13-18/h3-14H,1-2H3,(H,22,24)(H2,21,25,26)/t14-/m1/s1. The van der Waals surface area contributed by atoms with Gasteiger partial charge in [-0.1, -0.05) is 30.3 Å². The zero-order valence-electron chi connectivity index (χ0n) is 15.1. The molecule has 1 amide bonds. The summed E-state index contributed by atoms with van der Waals surface area (Å²) in [4.78, 5) is 14.5. The van der Waals surface area contributed by atoms with E-state index in [0.717, 1.165) is 16.5 Å². The van der Waals surface area contributed by atoms with Crippen LogP contribution in [0.2, 0.25) is 0 Å². The number of amides is 1. The van der Waals surface area contributed by atoms with Crippen molar-refractivity contribution in [3.63, 3.8) is 0 Å². The van der Waals surface area contributed by atoms with Crippen LogP contribution in [-0.4, -0.2) is 27.4 Å². The highest BCUT2D eigenvalue weighted by Gasteiger charge is 2.19. The summed E-state index contributed by atoms with van der Waals surface area (Å²) >= 11 is 0. The first-order chi connectivity index (χ1) is 12.8. The van der Waals surface area contributed by atoms with Crippen molar-refractivity contribution >= 4 is 38.1 Å². The number of carbonyl (C=O) groups excluding carboxylic acids is 1. The highest BCUT2D eigenvalue weighted by atomic mass is 32.2. The lowest BCUT2D eigenvalue weighted by atomic mass is 10.1. The maximum absolute atomic E-state index is 12.6. The number of hydrogen-bond donors (Lipinski definition) is 2. The van der Waals surface area contributed by atoms with Crippen LogP contribution in [0, 0.1) is 0 Å². The number of primary sulfonamides is 1. The Bertz CT molecular complexity index is 1080. The van der Waals surface area contributed by atoms with Gasteiger partial charge in [-0.25, -0.2) is 13.6 Å². The normalized spacial score (nSPS) is 12.6. The number of likely N-dealkylation sites (N-methyl/N-ethyl adjacent to an activating group) is 1. The van der Waals surface area contributed by atoms with E-state index in [-0.39, 0.29) is 10.8 Å². The summed E-state index contributed by atoms with van der Waals surface area (Å²) in [5.74, 6) is -0.200. The summed E-state index contributed by atoms with van der Waals surface area (Å²) in [6.07, 6.45) is 0. The average Bonchev–Trinajstić information content (AvgIpc) is 2.66. The molecule has 1 atom stereocenters. The van der Waals surface area contributed by atoms with Crippen molar-refractivity contribution in [1.82, 2.24) is 0 Å². The number of nitrogens with two attached hydrogens (primary N) is 1. The topological polar surface area (TPSA) is 92.5 Å². The third-order valence-electron chi connectivity index (χ3n) is 4.55. The van der Waals surface area contributed by atoms with Gasteiger partial charge >= 0.3 is 0 Å².